The van der Waals surface area contributed by atoms with Crippen molar-refractivity contribution in [1.29, 1.82) is 0 Å². The van der Waals surface area contributed by atoms with Gasteiger partial charge in [-0.15, -0.1) is 22.7 Å². The Balaban J connectivity index is 1.52. The lowest BCUT2D eigenvalue weighted by Crippen LogP contribution is -1.99. The third-order valence-corrected chi connectivity index (χ3v) is 11.8. The molecule has 10 rings (SSSR count). The second-order valence-electron chi connectivity index (χ2n) is 13.0. The zero-order valence-corrected chi connectivity index (χ0v) is 28.9. The van der Waals surface area contributed by atoms with Crippen LogP contribution in [-0.4, -0.2) is 29.9 Å². The van der Waals surface area contributed by atoms with E-state index in [-0.39, 0.29) is 0 Å². The van der Waals surface area contributed by atoms with Crippen molar-refractivity contribution in [3.8, 4) is 22.8 Å². The van der Waals surface area contributed by atoms with Crippen LogP contribution in [0.3, 0.4) is 0 Å². The molecule has 8 heteroatoms. The molecule has 6 aromatic heterocycles. The number of fused-ring (bicyclic) bond motifs is 8. The summed E-state index contributed by atoms with van der Waals surface area (Å²) >= 11 is 3.61. The zero-order valence-electron chi connectivity index (χ0n) is 27.3. The molecule has 230 valence electrons. The zero-order chi connectivity index (χ0) is 32.6. The van der Waals surface area contributed by atoms with Crippen LogP contribution in [0.15, 0.2) is 60.7 Å². The summed E-state index contributed by atoms with van der Waals surface area (Å²) in [5.41, 5.74) is 9.93. The molecule has 0 aliphatic heterocycles. The van der Waals surface area contributed by atoms with E-state index < -0.39 is 0 Å². The maximum absolute atomic E-state index is 5.06. The number of aryl methyl sites for hydroxylation is 6. The summed E-state index contributed by atoms with van der Waals surface area (Å²) in [4.78, 5) is 30.2. The minimum atomic E-state index is 0.740. The van der Waals surface area contributed by atoms with E-state index in [0.29, 0.717) is 0 Å². The summed E-state index contributed by atoms with van der Waals surface area (Å²) < 4.78 is 4.79. The molecule has 6 nitrogen and oxygen atoms in total. The van der Waals surface area contributed by atoms with Crippen LogP contribution in [0.1, 0.15) is 34.2 Å². The fourth-order valence-electron chi connectivity index (χ4n) is 7.55. The van der Waals surface area contributed by atoms with Gasteiger partial charge < -0.3 is 0 Å². The number of benzene rings is 4. The molecular weight excluding hydrogens is 629 g/mol. The first-order chi connectivity index (χ1) is 23.2. The van der Waals surface area contributed by atoms with Crippen LogP contribution in [0.25, 0.3) is 95.7 Å². The van der Waals surface area contributed by atoms with Crippen LogP contribution in [0, 0.1) is 41.5 Å². The average molecular weight is 657 g/mol. The molecule has 0 radical (unpaired) electrons. The first-order valence-corrected chi connectivity index (χ1v) is 17.7. The highest BCUT2D eigenvalue weighted by Gasteiger charge is 2.25. The molecule has 0 saturated carbocycles. The lowest BCUT2D eigenvalue weighted by atomic mass is 9.87. The van der Waals surface area contributed by atoms with Crippen LogP contribution >= 0.6 is 22.7 Å². The molecule has 0 aliphatic carbocycles. The van der Waals surface area contributed by atoms with Crippen molar-refractivity contribution in [3.05, 3.63) is 94.8 Å². The molecule has 0 aliphatic rings. The Morgan fingerprint density at radius 3 is 1.17 bits per heavy atom. The van der Waals surface area contributed by atoms with Gasteiger partial charge in [-0.25, -0.2) is 19.9 Å². The summed E-state index contributed by atoms with van der Waals surface area (Å²) in [7, 11) is 0. The van der Waals surface area contributed by atoms with Gasteiger partial charge in [-0.05, 0) is 124 Å². The smallest absolute Gasteiger partial charge is 0.160 e. The molecule has 0 atom stereocenters. The van der Waals surface area contributed by atoms with E-state index in [0.717, 1.165) is 89.5 Å². The Morgan fingerprint density at radius 1 is 0.375 bits per heavy atom. The minimum Gasteiger partial charge on any atom is -0.252 e. The highest BCUT2D eigenvalue weighted by Crippen LogP contribution is 2.51. The monoisotopic (exact) mass is 656 g/mol. The lowest BCUT2D eigenvalue weighted by molar-refractivity contribution is 1.07. The summed E-state index contributed by atoms with van der Waals surface area (Å²) in [6.07, 6.45) is 0. The number of pyridine rings is 2. The van der Waals surface area contributed by atoms with Crippen molar-refractivity contribution in [3.63, 3.8) is 0 Å². The van der Waals surface area contributed by atoms with Gasteiger partial charge in [0, 0.05) is 76.2 Å². The van der Waals surface area contributed by atoms with Crippen LogP contribution < -0.4 is 0 Å². The molecule has 4 aromatic carbocycles. The largest absolute Gasteiger partial charge is 0.252 e. The summed E-state index contributed by atoms with van der Waals surface area (Å²) in [5, 5.41) is 9.34. The summed E-state index contributed by atoms with van der Waals surface area (Å²) in [6.45, 7) is 12.3. The fraction of sp³-hybridized carbons (Fsp3) is 0.150. The van der Waals surface area contributed by atoms with Crippen molar-refractivity contribution in [2.75, 3.05) is 0 Å². The average Bonchev–Trinajstić information content (AvgIpc) is 3.59. The van der Waals surface area contributed by atoms with Gasteiger partial charge >= 0.3 is 0 Å². The van der Waals surface area contributed by atoms with Gasteiger partial charge in [0.25, 0.3) is 0 Å². The Kier molecular flexibility index (Phi) is 5.63. The normalized spacial score (nSPS) is 12.4. The summed E-state index contributed by atoms with van der Waals surface area (Å²) in [6, 6.07) is 22.0. The molecule has 0 N–H and O–H groups in total. The molecule has 0 unspecified atom stereocenters. The second kappa shape index (κ2) is 9.69. The predicted octanol–water partition coefficient (Wildman–Crippen LogP) is 10.9. The van der Waals surface area contributed by atoms with Crippen LogP contribution in [0.2, 0.25) is 0 Å². The van der Waals surface area contributed by atoms with Gasteiger partial charge in [0.05, 0.1) is 20.4 Å². The van der Waals surface area contributed by atoms with Crippen molar-refractivity contribution >= 4 is 95.6 Å². The topological polar surface area (TPSA) is 77.3 Å². The number of hydrogen-bond donors (Lipinski definition) is 0. The number of nitrogens with zero attached hydrogens (tertiary/aromatic N) is 6. The Morgan fingerprint density at radius 2 is 0.771 bits per heavy atom. The third-order valence-electron chi connectivity index (χ3n) is 9.42. The van der Waals surface area contributed by atoms with Crippen molar-refractivity contribution in [1.82, 2.24) is 29.9 Å². The van der Waals surface area contributed by atoms with Crippen LogP contribution in [0.4, 0.5) is 0 Å². The standard InChI is InChI=1S/C40H28N6S2/c1-17-7-9-31-35(41-17)29-13-23-25(39-43-19(3)11-20(4)44-39)16-28-34-24(14-30-36-32(48-38(28)30)10-8-18(2)42-36)26(15-27(33(23)34)37(29)47-31)40-45-21(5)12-22(6)46-40/h7-16H,1-6H3. The fourth-order valence-corrected chi connectivity index (χ4v) is 9.84. The Labute approximate surface area is 283 Å². The number of aromatic nitrogens is 6. The van der Waals surface area contributed by atoms with Crippen molar-refractivity contribution in [2.24, 2.45) is 0 Å². The van der Waals surface area contributed by atoms with E-state index in [9.17, 15) is 0 Å². The third kappa shape index (κ3) is 3.90. The van der Waals surface area contributed by atoms with E-state index in [1.54, 1.807) is 22.7 Å². The highest BCUT2D eigenvalue weighted by atomic mass is 32.1. The maximum Gasteiger partial charge on any atom is 0.160 e. The molecule has 0 saturated heterocycles. The lowest BCUT2D eigenvalue weighted by Gasteiger charge is -2.19. The number of rotatable bonds is 2. The molecule has 0 fully saturated rings. The van der Waals surface area contributed by atoms with E-state index in [2.05, 4.69) is 62.4 Å². The first kappa shape index (κ1) is 27.9. The minimum absolute atomic E-state index is 0.740. The Bertz CT molecular complexity index is 2780. The molecule has 48 heavy (non-hydrogen) atoms. The van der Waals surface area contributed by atoms with Gasteiger partial charge in [0.15, 0.2) is 11.6 Å². The molecule has 0 bridgehead atoms. The second-order valence-corrected chi connectivity index (χ2v) is 15.2. The van der Waals surface area contributed by atoms with Gasteiger partial charge in [-0.2, -0.15) is 0 Å². The Hall–Kier alpha value is -5.18. The first-order valence-electron chi connectivity index (χ1n) is 16.0. The van der Waals surface area contributed by atoms with Crippen molar-refractivity contribution < 1.29 is 0 Å². The number of hydrogen-bond acceptors (Lipinski definition) is 8. The predicted molar refractivity (Wildman–Crippen MR) is 202 cm³/mol. The summed E-state index contributed by atoms with van der Waals surface area (Å²) in [5.74, 6) is 1.48. The van der Waals surface area contributed by atoms with Crippen molar-refractivity contribution in [2.45, 2.75) is 41.5 Å². The van der Waals surface area contributed by atoms with E-state index in [1.165, 1.54) is 40.3 Å². The molecule has 6 heterocycles. The SMILES string of the molecule is Cc1cc(C)nc(-c2cc3c4sc5ccc(C)nc5c4cc4c(-c5nc(C)cc(C)n5)cc5c6sc7ccc(C)nc7c6cc2c5c43)n1. The molecule has 0 amide bonds. The molecular formula is C40H28N6S2. The molecule has 10 aromatic rings. The van der Waals surface area contributed by atoms with Gasteiger partial charge in [0.2, 0.25) is 0 Å². The van der Waals surface area contributed by atoms with Gasteiger partial charge in [-0.3, -0.25) is 9.97 Å². The van der Waals surface area contributed by atoms with Crippen LogP contribution in [0.5, 0.6) is 0 Å². The van der Waals surface area contributed by atoms with E-state index in [1.807, 2.05) is 39.8 Å². The van der Waals surface area contributed by atoms with E-state index >= 15 is 0 Å². The van der Waals surface area contributed by atoms with Gasteiger partial charge in [0.1, 0.15) is 0 Å². The van der Waals surface area contributed by atoms with E-state index in [4.69, 9.17) is 29.9 Å². The highest BCUT2D eigenvalue weighted by molar-refractivity contribution is 7.27. The molecule has 0 spiro atoms. The quantitative estimate of drug-likeness (QED) is 0.172. The van der Waals surface area contributed by atoms with Gasteiger partial charge in [-0.1, -0.05) is 0 Å². The number of thiophene rings is 2. The maximum atomic E-state index is 5.06. The van der Waals surface area contributed by atoms with Crippen LogP contribution in [-0.2, 0) is 0 Å².